The predicted octanol–water partition coefficient (Wildman–Crippen LogP) is 6.43. The van der Waals surface area contributed by atoms with Crippen LogP contribution in [0.3, 0.4) is 0 Å². The van der Waals surface area contributed by atoms with Gasteiger partial charge in [-0.2, -0.15) is 0 Å². The van der Waals surface area contributed by atoms with Crippen LogP contribution in [0.2, 0.25) is 0 Å². The van der Waals surface area contributed by atoms with E-state index in [4.69, 9.17) is 0 Å². The van der Waals surface area contributed by atoms with E-state index in [9.17, 15) is 0 Å². The Hall–Kier alpha value is -1.34. The Bertz CT molecular complexity index is 492. The number of rotatable bonds is 1. The minimum Gasteiger partial charge on any atom is -0.140 e. The van der Waals surface area contributed by atoms with Gasteiger partial charge in [-0.15, -0.1) is 11.3 Å². The molecule has 3 rings (SSSR count). The summed E-state index contributed by atoms with van der Waals surface area (Å²) in [4.78, 5) is 2.93. The van der Waals surface area contributed by atoms with Gasteiger partial charge in [0.15, 0.2) is 0 Å². The molecule has 1 aromatic heterocycles. The summed E-state index contributed by atoms with van der Waals surface area (Å²) in [5, 5.41) is 0. The molecule has 0 amide bonds. The van der Waals surface area contributed by atoms with Crippen molar-refractivity contribution in [3.05, 3.63) is 52.9 Å². The first-order valence-electron chi connectivity index (χ1n) is 7.28. The summed E-state index contributed by atoms with van der Waals surface area (Å²) in [6.07, 6.45) is 6.93. The van der Waals surface area contributed by atoms with E-state index in [1.54, 1.807) is 0 Å². The van der Waals surface area contributed by atoms with Crippen molar-refractivity contribution >= 4 is 17.4 Å². The van der Waals surface area contributed by atoms with Crippen molar-refractivity contribution in [2.45, 2.75) is 40.5 Å². The Morgan fingerprint density at radius 2 is 1.63 bits per heavy atom. The van der Waals surface area contributed by atoms with E-state index in [1.165, 1.54) is 33.7 Å². The summed E-state index contributed by atoms with van der Waals surface area (Å²) in [5.41, 5.74) is 2.76. The molecule has 19 heavy (non-hydrogen) atoms. The van der Waals surface area contributed by atoms with Crippen LogP contribution in [0, 0.1) is 0 Å². The molecular formula is C18H24S. The third kappa shape index (κ3) is 4.07. The van der Waals surface area contributed by atoms with Crippen LogP contribution in [0.25, 0.3) is 16.5 Å². The molecule has 1 aliphatic rings. The number of thiophene rings is 1. The molecule has 1 aromatic carbocycles. The van der Waals surface area contributed by atoms with E-state index in [-0.39, 0.29) is 0 Å². The average molecular weight is 272 g/mol. The van der Waals surface area contributed by atoms with Gasteiger partial charge >= 0.3 is 0 Å². The molecule has 0 fully saturated rings. The van der Waals surface area contributed by atoms with Crippen molar-refractivity contribution in [2.24, 2.45) is 0 Å². The van der Waals surface area contributed by atoms with Gasteiger partial charge in [-0.3, -0.25) is 0 Å². The van der Waals surface area contributed by atoms with Crippen LogP contribution in [-0.4, -0.2) is 0 Å². The lowest BCUT2D eigenvalue weighted by Gasteiger charge is -2.01. The zero-order chi connectivity index (χ0) is 14.1. The summed E-state index contributed by atoms with van der Waals surface area (Å²) in [6, 6.07) is 12.9. The third-order valence-corrected chi connectivity index (χ3v) is 4.00. The maximum Gasteiger partial charge on any atom is 0.0351 e. The van der Waals surface area contributed by atoms with Gasteiger partial charge in [0.2, 0.25) is 0 Å². The van der Waals surface area contributed by atoms with Crippen LogP contribution in [0.5, 0.6) is 0 Å². The molecule has 102 valence electrons. The van der Waals surface area contributed by atoms with E-state index >= 15 is 0 Å². The first-order valence-corrected chi connectivity index (χ1v) is 8.10. The van der Waals surface area contributed by atoms with E-state index in [1.807, 2.05) is 39.0 Å². The summed E-state index contributed by atoms with van der Waals surface area (Å²) in [6.45, 7) is 8.00. The monoisotopic (exact) mass is 272 g/mol. The smallest absolute Gasteiger partial charge is 0.0351 e. The number of aryl methyl sites for hydroxylation is 1. The molecule has 1 heterocycles. The van der Waals surface area contributed by atoms with Crippen LogP contribution < -0.4 is 0 Å². The van der Waals surface area contributed by atoms with Gasteiger partial charge < -0.3 is 0 Å². The average Bonchev–Trinajstić information content (AvgIpc) is 2.96. The lowest BCUT2D eigenvalue weighted by atomic mass is 10.1. The van der Waals surface area contributed by atoms with Crippen molar-refractivity contribution in [3.63, 3.8) is 0 Å². The number of hydrogen-bond acceptors (Lipinski definition) is 1. The molecule has 0 spiro atoms. The van der Waals surface area contributed by atoms with Crippen molar-refractivity contribution in [3.8, 4) is 10.4 Å². The first-order chi connectivity index (χ1) is 9.43. The first kappa shape index (κ1) is 15.7. The summed E-state index contributed by atoms with van der Waals surface area (Å²) in [7, 11) is 0. The Kier molecular flexibility index (Phi) is 7.20. The fourth-order valence-corrected chi connectivity index (χ4v) is 3.12. The maximum absolute atomic E-state index is 2.31. The molecule has 1 aliphatic carbocycles. The van der Waals surface area contributed by atoms with Gasteiger partial charge in [0.1, 0.15) is 0 Å². The van der Waals surface area contributed by atoms with Crippen molar-refractivity contribution in [1.82, 2.24) is 0 Å². The van der Waals surface area contributed by atoms with Crippen molar-refractivity contribution in [1.29, 1.82) is 0 Å². The Labute approximate surface area is 121 Å². The van der Waals surface area contributed by atoms with Crippen LogP contribution in [0.4, 0.5) is 0 Å². The van der Waals surface area contributed by atoms with Crippen molar-refractivity contribution < 1.29 is 0 Å². The topological polar surface area (TPSA) is 0 Å². The van der Waals surface area contributed by atoms with E-state index in [0.717, 1.165) is 0 Å². The molecule has 0 atom stereocenters. The Balaban J connectivity index is 0.000000415. The SMILES string of the molecule is C1=Cc2cc(-c3ccccc3)sc2CC1.CC.CC. The molecule has 0 N–H and O–H groups in total. The highest BCUT2D eigenvalue weighted by Gasteiger charge is 2.10. The molecule has 2 aromatic rings. The Morgan fingerprint density at radius 3 is 2.26 bits per heavy atom. The number of fused-ring (bicyclic) bond motifs is 1. The molecule has 0 saturated carbocycles. The molecular weight excluding hydrogens is 248 g/mol. The van der Waals surface area contributed by atoms with Gasteiger partial charge in [-0.25, -0.2) is 0 Å². The highest BCUT2D eigenvalue weighted by Crippen LogP contribution is 2.34. The lowest BCUT2D eigenvalue weighted by molar-refractivity contribution is 1.01. The largest absolute Gasteiger partial charge is 0.140 e. The molecule has 0 aliphatic heterocycles. The normalized spacial score (nSPS) is 11.6. The second-order valence-electron chi connectivity index (χ2n) is 3.80. The summed E-state index contributed by atoms with van der Waals surface area (Å²) < 4.78 is 0. The highest BCUT2D eigenvalue weighted by atomic mass is 32.1. The molecule has 0 unspecified atom stereocenters. The molecule has 0 nitrogen and oxygen atoms in total. The minimum absolute atomic E-state index is 1.20. The van der Waals surface area contributed by atoms with E-state index < -0.39 is 0 Å². The van der Waals surface area contributed by atoms with Crippen LogP contribution >= 0.6 is 11.3 Å². The fraction of sp³-hybridized carbons (Fsp3) is 0.333. The highest BCUT2D eigenvalue weighted by molar-refractivity contribution is 7.15. The molecule has 0 bridgehead atoms. The molecule has 0 radical (unpaired) electrons. The quantitative estimate of drug-likeness (QED) is 0.561. The van der Waals surface area contributed by atoms with Gasteiger partial charge in [0, 0.05) is 9.75 Å². The Morgan fingerprint density at radius 1 is 0.947 bits per heavy atom. The van der Waals surface area contributed by atoms with Crippen LogP contribution in [0.1, 0.15) is 44.6 Å². The van der Waals surface area contributed by atoms with Crippen LogP contribution in [-0.2, 0) is 6.42 Å². The molecule has 1 heteroatoms. The van der Waals surface area contributed by atoms with Gasteiger partial charge in [0.05, 0.1) is 0 Å². The maximum atomic E-state index is 2.31. The van der Waals surface area contributed by atoms with Crippen LogP contribution in [0.15, 0.2) is 42.5 Å². The number of benzene rings is 1. The summed E-state index contributed by atoms with van der Waals surface area (Å²) in [5.74, 6) is 0. The standard InChI is InChI=1S/C14H12S.2C2H6/c1-2-6-11(7-3-1)14-10-12-8-4-5-9-13(12)15-14;2*1-2/h1-4,6-8,10H,5,9H2;2*1-2H3. The summed E-state index contributed by atoms with van der Waals surface area (Å²) >= 11 is 1.94. The lowest BCUT2D eigenvalue weighted by Crippen LogP contribution is -1.85. The third-order valence-electron chi connectivity index (χ3n) is 2.74. The van der Waals surface area contributed by atoms with Crippen molar-refractivity contribution in [2.75, 3.05) is 0 Å². The predicted molar refractivity (Wildman–Crippen MR) is 89.8 cm³/mol. The number of allylic oxidation sites excluding steroid dienone is 1. The molecule has 0 saturated heterocycles. The van der Waals surface area contributed by atoms with Gasteiger partial charge in [-0.1, -0.05) is 70.2 Å². The second kappa shape index (κ2) is 8.71. The zero-order valence-corrected chi connectivity index (χ0v) is 13.3. The fourth-order valence-electron chi connectivity index (χ4n) is 1.95. The van der Waals surface area contributed by atoms with Gasteiger partial charge in [-0.05, 0) is 30.0 Å². The zero-order valence-electron chi connectivity index (χ0n) is 12.4. The minimum atomic E-state index is 1.20. The van der Waals surface area contributed by atoms with E-state index in [2.05, 4.69) is 48.6 Å². The van der Waals surface area contributed by atoms with Gasteiger partial charge in [0.25, 0.3) is 0 Å². The second-order valence-corrected chi connectivity index (χ2v) is 4.93. The number of hydrogen-bond donors (Lipinski definition) is 0. The van der Waals surface area contributed by atoms with E-state index in [0.29, 0.717) is 0 Å².